The van der Waals surface area contributed by atoms with Crippen LogP contribution in [-0.4, -0.2) is 49.4 Å². The topological polar surface area (TPSA) is 80.5 Å². The van der Waals surface area contributed by atoms with Gasteiger partial charge in [-0.3, -0.25) is 4.79 Å². The van der Waals surface area contributed by atoms with Crippen molar-refractivity contribution in [3.05, 3.63) is 0 Å². The molecule has 17 heavy (non-hydrogen) atoms. The number of rotatable bonds is 4. The van der Waals surface area contributed by atoms with Gasteiger partial charge in [-0.05, 0) is 12.8 Å². The average molecular weight is 258 g/mol. The number of amides is 1. The highest BCUT2D eigenvalue weighted by molar-refractivity contribution is 7.91. The predicted octanol–water partition coefficient (Wildman–Crippen LogP) is -0.627. The van der Waals surface area contributed by atoms with Crippen molar-refractivity contribution in [1.29, 1.82) is 0 Å². The Kier molecular flexibility index (Phi) is 4.54. The number of nitrogens with two attached hydrogens (primary N) is 1. The third kappa shape index (κ3) is 3.45. The highest BCUT2D eigenvalue weighted by atomic mass is 32.2. The van der Waals surface area contributed by atoms with Crippen LogP contribution in [0.4, 0.5) is 0 Å². The van der Waals surface area contributed by atoms with Crippen molar-refractivity contribution in [2.75, 3.05) is 18.1 Å². The van der Waals surface area contributed by atoms with Crippen molar-refractivity contribution >= 4 is 15.7 Å². The Morgan fingerprint density at radius 2 is 2.29 bits per heavy atom. The summed E-state index contributed by atoms with van der Waals surface area (Å²) < 4.78 is 22.8. The van der Waals surface area contributed by atoms with Crippen molar-refractivity contribution in [2.24, 2.45) is 5.73 Å². The van der Waals surface area contributed by atoms with E-state index in [2.05, 4.69) is 5.92 Å². The van der Waals surface area contributed by atoms with Gasteiger partial charge in [0.2, 0.25) is 5.91 Å². The van der Waals surface area contributed by atoms with Gasteiger partial charge in [-0.25, -0.2) is 8.42 Å². The molecule has 0 aromatic heterocycles. The summed E-state index contributed by atoms with van der Waals surface area (Å²) in [5.74, 6) is 2.25. The van der Waals surface area contributed by atoms with E-state index >= 15 is 0 Å². The summed E-state index contributed by atoms with van der Waals surface area (Å²) in [6.45, 7) is 1.93. The standard InChI is InChI=1S/C11H18N2O3S/c1-3-6-13(11(14)10(12)4-2)9-5-7-17(15,16)8-9/h1,9-10H,4-8,12H2,2H3/t9?,10-/m1/s1. The van der Waals surface area contributed by atoms with E-state index in [0.29, 0.717) is 12.8 Å². The maximum Gasteiger partial charge on any atom is 0.240 e. The number of carbonyl (C=O) groups excluding carboxylic acids is 1. The van der Waals surface area contributed by atoms with Crippen molar-refractivity contribution in [2.45, 2.75) is 31.8 Å². The van der Waals surface area contributed by atoms with Crippen LogP contribution in [0.15, 0.2) is 0 Å². The maximum absolute atomic E-state index is 12.0. The lowest BCUT2D eigenvalue weighted by atomic mass is 10.1. The van der Waals surface area contributed by atoms with Gasteiger partial charge in [0.05, 0.1) is 24.1 Å². The van der Waals surface area contributed by atoms with Crippen molar-refractivity contribution in [3.8, 4) is 12.3 Å². The van der Waals surface area contributed by atoms with Gasteiger partial charge in [-0.1, -0.05) is 12.8 Å². The average Bonchev–Trinajstić information content (AvgIpc) is 2.64. The second-order valence-corrected chi connectivity index (χ2v) is 6.47. The van der Waals surface area contributed by atoms with Crippen LogP contribution in [0.5, 0.6) is 0 Å². The summed E-state index contributed by atoms with van der Waals surface area (Å²) in [7, 11) is -3.03. The smallest absolute Gasteiger partial charge is 0.240 e. The van der Waals surface area contributed by atoms with Gasteiger partial charge in [0.1, 0.15) is 0 Å². The first-order valence-electron chi connectivity index (χ1n) is 5.61. The molecule has 0 radical (unpaired) electrons. The maximum atomic E-state index is 12.0. The molecule has 2 N–H and O–H groups in total. The van der Waals surface area contributed by atoms with E-state index < -0.39 is 15.9 Å². The van der Waals surface area contributed by atoms with Crippen molar-refractivity contribution in [1.82, 2.24) is 4.90 Å². The van der Waals surface area contributed by atoms with E-state index in [4.69, 9.17) is 12.2 Å². The normalized spacial score (nSPS) is 23.9. The van der Waals surface area contributed by atoms with Crippen LogP contribution in [0, 0.1) is 12.3 Å². The fourth-order valence-electron chi connectivity index (χ4n) is 1.89. The molecule has 1 saturated heterocycles. The van der Waals surface area contributed by atoms with E-state index in [-0.39, 0.29) is 30.0 Å². The minimum absolute atomic E-state index is 0.00312. The molecule has 1 rings (SSSR count). The second-order valence-electron chi connectivity index (χ2n) is 4.24. The van der Waals surface area contributed by atoms with Crippen LogP contribution in [-0.2, 0) is 14.6 Å². The molecule has 1 heterocycles. The Labute approximate surface area is 102 Å². The molecule has 0 aromatic rings. The molecule has 0 aliphatic carbocycles. The van der Waals surface area contributed by atoms with Crippen LogP contribution >= 0.6 is 0 Å². The van der Waals surface area contributed by atoms with Gasteiger partial charge in [0.15, 0.2) is 9.84 Å². The lowest BCUT2D eigenvalue weighted by Crippen LogP contribution is -2.49. The van der Waals surface area contributed by atoms with Crippen LogP contribution in [0.2, 0.25) is 0 Å². The predicted molar refractivity (Wildman–Crippen MR) is 65.9 cm³/mol. The number of carbonyl (C=O) groups is 1. The van der Waals surface area contributed by atoms with Gasteiger partial charge in [0.25, 0.3) is 0 Å². The first-order valence-corrected chi connectivity index (χ1v) is 7.43. The molecule has 1 amide bonds. The van der Waals surface area contributed by atoms with Crippen LogP contribution in [0.1, 0.15) is 19.8 Å². The summed E-state index contributed by atoms with van der Waals surface area (Å²) in [5.41, 5.74) is 5.67. The minimum Gasteiger partial charge on any atom is -0.326 e. The summed E-state index contributed by atoms with van der Waals surface area (Å²) in [5, 5.41) is 0. The van der Waals surface area contributed by atoms with Crippen LogP contribution in [0.3, 0.4) is 0 Å². The fourth-order valence-corrected chi connectivity index (χ4v) is 3.62. The molecule has 1 unspecified atom stereocenters. The Balaban J connectivity index is 2.81. The minimum atomic E-state index is -3.03. The molecule has 0 bridgehead atoms. The van der Waals surface area contributed by atoms with Gasteiger partial charge in [-0.15, -0.1) is 6.42 Å². The molecular weight excluding hydrogens is 240 g/mol. The number of terminal acetylenes is 1. The number of hydrogen-bond donors (Lipinski definition) is 1. The van der Waals surface area contributed by atoms with E-state index in [1.165, 1.54) is 4.90 Å². The first-order chi connectivity index (χ1) is 7.91. The van der Waals surface area contributed by atoms with Gasteiger partial charge in [-0.2, -0.15) is 0 Å². The Morgan fingerprint density at radius 1 is 1.65 bits per heavy atom. The van der Waals surface area contributed by atoms with E-state index in [1.807, 2.05) is 6.92 Å². The Hall–Kier alpha value is -1.06. The van der Waals surface area contributed by atoms with Gasteiger partial charge >= 0.3 is 0 Å². The quantitative estimate of drug-likeness (QED) is 0.681. The molecule has 2 atom stereocenters. The second kappa shape index (κ2) is 5.52. The SMILES string of the molecule is C#CCN(C(=O)[C@H](N)CC)C1CCS(=O)(=O)C1. The van der Waals surface area contributed by atoms with Gasteiger partial charge in [0, 0.05) is 6.04 Å². The van der Waals surface area contributed by atoms with Gasteiger partial charge < -0.3 is 10.6 Å². The Morgan fingerprint density at radius 3 is 2.71 bits per heavy atom. The molecule has 6 heteroatoms. The van der Waals surface area contributed by atoms with Crippen molar-refractivity contribution in [3.63, 3.8) is 0 Å². The fraction of sp³-hybridized carbons (Fsp3) is 0.727. The van der Waals surface area contributed by atoms with Crippen LogP contribution in [0.25, 0.3) is 0 Å². The molecule has 0 aromatic carbocycles. The van der Waals surface area contributed by atoms with Crippen LogP contribution < -0.4 is 5.73 Å². The Bertz CT molecular complexity index is 424. The lowest BCUT2D eigenvalue weighted by Gasteiger charge is -2.28. The van der Waals surface area contributed by atoms with E-state index in [0.717, 1.165) is 0 Å². The number of nitrogens with zero attached hydrogens (tertiary/aromatic N) is 1. The highest BCUT2D eigenvalue weighted by Gasteiger charge is 2.35. The monoisotopic (exact) mass is 258 g/mol. The largest absolute Gasteiger partial charge is 0.326 e. The molecule has 96 valence electrons. The van der Waals surface area contributed by atoms with Crippen molar-refractivity contribution < 1.29 is 13.2 Å². The number of hydrogen-bond acceptors (Lipinski definition) is 4. The molecule has 0 saturated carbocycles. The first kappa shape index (κ1) is 14.0. The zero-order valence-corrected chi connectivity index (χ0v) is 10.7. The summed E-state index contributed by atoms with van der Waals surface area (Å²) >= 11 is 0. The third-order valence-electron chi connectivity index (χ3n) is 2.95. The highest BCUT2D eigenvalue weighted by Crippen LogP contribution is 2.18. The zero-order valence-electron chi connectivity index (χ0n) is 9.93. The zero-order chi connectivity index (χ0) is 13.1. The molecule has 5 nitrogen and oxygen atoms in total. The third-order valence-corrected chi connectivity index (χ3v) is 4.70. The summed E-state index contributed by atoms with van der Waals surface area (Å²) in [6, 6.07) is -0.923. The van der Waals surface area contributed by atoms with E-state index in [9.17, 15) is 13.2 Å². The molecule has 1 aliphatic rings. The molecular formula is C11H18N2O3S. The summed E-state index contributed by atoms with van der Waals surface area (Å²) in [4.78, 5) is 13.4. The van der Waals surface area contributed by atoms with E-state index in [1.54, 1.807) is 0 Å². The molecule has 1 fully saturated rings. The molecule has 1 aliphatic heterocycles. The molecule has 0 spiro atoms. The lowest BCUT2D eigenvalue weighted by molar-refractivity contribution is -0.133. The summed E-state index contributed by atoms with van der Waals surface area (Å²) in [6.07, 6.45) is 6.17. The number of sulfone groups is 1.